The largest absolute Gasteiger partial charge is 0.309 e. The fraction of sp³-hybridized carbons (Fsp3) is 0.200. The lowest BCUT2D eigenvalue weighted by atomic mass is 10.0. The first-order valence-corrected chi connectivity index (χ1v) is 17.5. The summed E-state index contributed by atoms with van der Waals surface area (Å²) in [5.41, 5.74) is 11.0. The van der Waals surface area contributed by atoms with E-state index < -0.39 is 0 Å². The number of allylic oxidation sites excluding steroid dienone is 2. The van der Waals surface area contributed by atoms with Crippen LogP contribution in [-0.2, 0) is 0 Å². The van der Waals surface area contributed by atoms with Gasteiger partial charge in [0.15, 0.2) is 0 Å². The highest BCUT2D eigenvalue weighted by molar-refractivity contribution is 6.09. The maximum absolute atomic E-state index is 2.38. The predicted molar refractivity (Wildman–Crippen MR) is 211 cm³/mol. The molecule has 0 saturated carbocycles. The summed E-state index contributed by atoms with van der Waals surface area (Å²) in [6, 6.07) is 43.9. The SMILES string of the molecule is C1=Cc2c(n(-c3ccc(-c4ccc(-n5c6ccccc6c6ccccc65)cc4)cc3)c3ccccc23)C=CC1.CC.CC.CC.CC. The molecule has 0 bridgehead atoms. The molecular formula is C45H50N2. The van der Waals surface area contributed by atoms with Gasteiger partial charge in [-0.2, -0.15) is 0 Å². The second kappa shape index (κ2) is 17.0. The monoisotopic (exact) mass is 618 g/mol. The van der Waals surface area contributed by atoms with E-state index in [1.807, 2.05) is 55.4 Å². The van der Waals surface area contributed by atoms with Crippen molar-refractivity contribution in [3.8, 4) is 22.5 Å². The number of hydrogen-bond donors (Lipinski definition) is 0. The molecule has 2 heteroatoms. The van der Waals surface area contributed by atoms with Gasteiger partial charge in [0.2, 0.25) is 0 Å². The van der Waals surface area contributed by atoms with Crippen LogP contribution < -0.4 is 0 Å². The minimum absolute atomic E-state index is 0.965. The van der Waals surface area contributed by atoms with E-state index in [0.29, 0.717) is 0 Å². The zero-order chi connectivity index (χ0) is 33.8. The molecule has 5 aromatic carbocycles. The minimum atomic E-state index is 0.965. The van der Waals surface area contributed by atoms with E-state index in [1.54, 1.807) is 0 Å². The van der Waals surface area contributed by atoms with Gasteiger partial charge >= 0.3 is 0 Å². The molecule has 2 nitrogen and oxygen atoms in total. The van der Waals surface area contributed by atoms with Gasteiger partial charge < -0.3 is 9.13 Å². The second-order valence-corrected chi connectivity index (χ2v) is 10.2. The Hall–Kier alpha value is -5.08. The molecule has 0 spiro atoms. The van der Waals surface area contributed by atoms with Crippen LogP contribution in [0.5, 0.6) is 0 Å². The van der Waals surface area contributed by atoms with Crippen LogP contribution in [-0.4, -0.2) is 9.13 Å². The lowest BCUT2D eigenvalue weighted by Crippen LogP contribution is -1.97. The van der Waals surface area contributed by atoms with Gasteiger partial charge in [-0.05, 0) is 66.1 Å². The topological polar surface area (TPSA) is 9.86 Å². The van der Waals surface area contributed by atoms with Gasteiger partial charge in [0.05, 0.1) is 22.2 Å². The maximum atomic E-state index is 2.38. The van der Waals surface area contributed by atoms with Crippen LogP contribution in [0.2, 0.25) is 0 Å². The van der Waals surface area contributed by atoms with Crippen molar-refractivity contribution in [1.29, 1.82) is 0 Å². The van der Waals surface area contributed by atoms with Crippen molar-refractivity contribution in [2.75, 3.05) is 0 Å². The van der Waals surface area contributed by atoms with Crippen molar-refractivity contribution in [2.24, 2.45) is 0 Å². The van der Waals surface area contributed by atoms with Gasteiger partial charge in [-0.15, -0.1) is 0 Å². The molecule has 1 aliphatic rings. The van der Waals surface area contributed by atoms with Gasteiger partial charge in [-0.1, -0.05) is 152 Å². The third kappa shape index (κ3) is 6.74. The molecule has 0 unspecified atom stereocenters. The van der Waals surface area contributed by atoms with Crippen LogP contribution in [0, 0.1) is 0 Å². The standard InChI is InChI=1S/C37H26N2.4C2H6/c1-2-10-30-31-11-4-7-15-35(31)38(34(30)14-3-1)28-22-18-26(19-23-28)27-20-24-29(25-21-27)39-36-16-8-5-12-32(36)33-13-6-9-17-37(33)39;4*1-2/h2-25H,1H2;4*1-2H3. The first kappa shape index (κ1) is 34.8. The number of rotatable bonds is 3. The van der Waals surface area contributed by atoms with Crippen molar-refractivity contribution in [1.82, 2.24) is 9.13 Å². The molecule has 0 radical (unpaired) electrons. The highest BCUT2D eigenvalue weighted by Crippen LogP contribution is 2.35. The summed E-state index contributed by atoms with van der Waals surface area (Å²) in [5, 5.41) is 3.86. The molecule has 8 rings (SSSR count). The maximum Gasteiger partial charge on any atom is 0.0541 e. The summed E-state index contributed by atoms with van der Waals surface area (Å²) in [6.45, 7) is 16.0. The minimum Gasteiger partial charge on any atom is -0.309 e. The molecule has 0 N–H and O–H groups in total. The fourth-order valence-corrected chi connectivity index (χ4v) is 6.15. The van der Waals surface area contributed by atoms with Crippen molar-refractivity contribution in [3.05, 3.63) is 145 Å². The number of nitrogens with zero attached hydrogens (tertiary/aromatic N) is 2. The van der Waals surface area contributed by atoms with Crippen LogP contribution in [0.3, 0.4) is 0 Å². The van der Waals surface area contributed by atoms with Crippen LogP contribution in [0.15, 0.2) is 133 Å². The summed E-state index contributed by atoms with van der Waals surface area (Å²) in [7, 11) is 0. The quantitative estimate of drug-likeness (QED) is 0.186. The number of aromatic nitrogens is 2. The third-order valence-electron chi connectivity index (χ3n) is 7.95. The molecule has 0 fully saturated rings. The first-order chi connectivity index (χ1) is 23.4. The lowest BCUT2D eigenvalue weighted by Gasteiger charge is -2.12. The Morgan fingerprint density at radius 2 is 0.766 bits per heavy atom. The molecule has 2 aromatic heterocycles. The molecule has 1 aliphatic carbocycles. The van der Waals surface area contributed by atoms with Gasteiger partial charge in [-0.25, -0.2) is 0 Å². The second-order valence-electron chi connectivity index (χ2n) is 10.2. The molecule has 2 heterocycles. The first-order valence-electron chi connectivity index (χ1n) is 17.5. The molecule has 0 saturated heterocycles. The molecule has 240 valence electrons. The Morgan fingerprint density at radius 1 is 0.383 bits per heavy atom. The van der Waals surface area contributed by atoms with E-state index in [4.69, 9.17) is 0 Å². The van der Waals surface area contributed by atoms with Gasteiger partial charge in [0.1, 0.15) is 0 Å². The van der Waals surface area contributed by atoms with Crippen molar-refractivity contribution in [2.45, 2.75) is 61.8 Å². The predicted octanol–water partition coefficient (Wildman–Crippen LogP) is 13.9. The Bertz CT molecular complexity index is 2010. The molecule has 7 aromatic rings. The Balaban J connectivity index is 0.000000584. The molecule has 47 heavy (non-hydrogen) atoms. The van der Waals surface area contributed by atoms with E-state index in [-0.39, 0.29) is 0 Å². The third-order valence-corrected chi connectivity index (χ3v) is 7.95. The van der Waals surface area contributed by atoms with Crippen LogP contribution in [0.25, 0.3) is 67.4 Å². The van der Waals surface area contributed by atoms with E-state index in [2.05, 4.69) is 155 Å². The average Bonchev–Trinajstić information content (AvgIpc) is 3.55. The number of benzene rings is 5. The van der Waals surface area contributed by atoms with Crippen molar-refractivity contribution >= 4 is 44.9 Å². The number of fused-ring (bicyclic) bond motifs is 6. The summed E-state index contributed by atoms with van der Waals surface area (Å²) in [6.07, 6.45) is 9.97. The molecule has 0 atom stereocenters. The summed E-state index contributed by atoms with van der Waals surface area (Å²) >= 11 is 0. The lowest BCUT2D eigenvalue weighted by molar-refractivity contribution is 1.11. The summed E-state index contributed by atoms with van der Waals surface area (Å²) in [5.74, 6) is 0. The van der Waals surface area contributed by atoms with Crippen LogP contribution >= 0.6 is 0 Å². The molecular weight excluding hydrogens is 569 g/mol. The zero-order valence-corrected chi connectivity index (χ0v) is 29.5. The highest BCUT2D eigenvalue weighted by Gasteiger charge is 2.16. The van der Waals surface area contributed by atoms with Gasteiger partial charge in [0.25, 0.3) is 0 Å². The highest BCUT2D eigenvalue weighted by atomic mass is 15.0. The van der Waals surface area contributed by atoms with Gasteiger partial charge in [0, 0.05) is 33.1 Å². The van der Waals surface area contributed by atoms with E-state index in [9.17, 15) is 0 Å². The zero-order valence-electron chi connectivity index (χ0n) is 29.5. The summed E-state index contributed by atoms with van der Waals surface area (Å²) in [4.78, 5) is 0. The summed E-state index contributed by atoms with van der Waals surface area (Å²) < 4.78 is 4.74. The number of para-hydroxylation sites is 3. The molecule has 0 aliphatic heterocycles. The number of hydrogen-bond acceptors (Lipinski definition) is 0. The smallest absolute Gasteiger partial charge is 0.0541 e. The van der Waals surface area contributed by atoms with Gasteiger partial charge in [-0.3, -0.25) is 0 Å². The normalized spacial score (nSPS) is 11.1. The molecule has 0 amide bonds. The van der Waals surface area contributed by atoms with E-state index in [1.165, 1.54) is 66.5 Å². The Kier molecular flexibility index (Phi) is 12.6. The average molecular weight is 619 g/mol. The Labute approximate surface area is 282 Å². The van der Waals surface area contributed by atoms with E-state index >= 15 is 0 Å². The Morgan fingerprint density at radius 3 is 1.26 bits per heavy atom. The van der Waals surface area contributed by atoms with Crippen LogP contribution in [0.4, 0.5) is 0 Å². The van der Waals surface area contributed by atoms with E-state index in [0.717, 1.165) is 6.42 Å². The fourth-order valence-electron chi connectivity index (χ4n) is 6.15. The van der Waals surface area contributed by atoms with Crippen molar-refractivity contribution < 1.29 is 0 Å². The van der Waals surface area contributed by atoms with Crippen LogP contribution in [0.1, 0.15) is 73.1 Å². The van der Waals surface area contributed by atoms with Crippen molar-refractivity contribution in [3.63, 3.8) is 0 Å².